The van der Waals surface area contributed by atoms with E-state index in [1.165, 1.54) is 0 Å². The number of aryl methyl sites for hydroxylation is 1. The lowest BCUT2D eigenvalue weighted by atomic mass is 10.0. The van der Waals surface area contributed by atoms with Gasteiger partial charge in [-0.3, -0.25) is 9.59 Å². The van der Waals surface area contributed by atoms with Gasteiger partial charge in [0.1, 0.15) is 18.1 Å². The number of hydrogen-bond donors (Lipinski definition) is 2. The molecule has 0 atom stereocenters. The molecule has 6 heteroatoms. The molecule has 2 heterocycles. The topological polar surface area (TPSA) is 80.6 Å². The number of rotatable bonds is 5. The van der Waals surface area contributed by atoms with E-state index in [0.717, 1.165) is 24.1 Å². The Morgan fingerprint density at radius 3 is 2.96 bits per heavy atom. The van der Waals surface area contributed by atoms with Crippen molar-refractivity contribution in [2.45, 2.75) is 38.3 Å². The molecule has 2 N–H and O–H groups in total. The Morgan fingerprint density at radius 1 is 1.25 bits per heavy atom. The van der Waals surface area contributed by atoms with Crippen LogP contribution in [0.4, 0.5) is 5.69 Å². The first-order valence-corrected chi connectivity index (χ1v) is 8.12. The number of carbonyl (C=O) groups is 2. The van der Waals surface area contributed by atoms with Crippen LogP contribution in [0.25, 0.3) is 0 Å². The Kier molecular flexibility index (Phi) is 3.72. The predicted octanol–water partition coefficient (Wildman–Crippen LogP) is 2.64. The molecule has 1 saturated carbocycles. The highest BCUT2D eigenvalue weighted by atomic mass is 16.5. The van der Waals surface area contributed by atoms with Gasteiger partial charge in [-0.1, -0.05) is 0 Å². The fraction of sp³-hybridized carbons (Fsp3) is 0.333. The molecule has 0 unspecified atom stereocenters. The van der Waals surface area contributed by atoms with Gasteiger partial charge in [0.25, 0.3) is 5.91 Å². The highest BCUT2D eigenvalue weighted by Crippen LogP contribution is 2.27. The van der Waals surface area contributed by atoms with E-state index in [0.29, 0.717) is 36.2 Å². The summed E-state index contributed by atoms with van der Waals surface area (Å²) in [5.74, 6) is 1.50. The highest BCUT2D eigenvalue weighted by molar-refractivity contribution is 5.94. The average molecular weight is 326 g/mol. The molecule has 1 aliphatic carbocycles. The highest BCUT2D eigenvalue weighted by Gasteiger charge is 2.25. The fourth-order valence-corrected chi connectivity index (χ4v) is 2.67. The van der Waals surface area contributed by atoms with Crippen LogP contribution in [0.3, 0.4) is 0 Å². The summed E-state index contributed by atoms with van der Waals surface area (Å²) in [5, 5.41) is 5.73. The van der Waals surface area contributed by atoms with E-state index < -0.39 is 0 Å². The molecule has 1 fully saturated rings. The molecule has 2 amide bonds. The second-order valence-corrected chi connectivity index (χ2v) is 6.17. The molecule has 1 aliphatic heterocycles. The lowest BCUT2D eigenvalue weighted by molar-refractivity contribution is -0.116. The molecule has 4 rings (SSSR count). The van der Waals surface area contributed by atoms with Crippen molar-refractivity contribution in [3.63, 3.8) is 0 Å². The largest absolute Gasteiger partial charge is 0.486 e. The number of furan rings is 1. The van der Waals surface area contributed by atoms with Crippen molar-refractivity contribution in [3.8, 4) is 5.75 Å². The lowest BCUT2D eigenvalue weighted by Crippen LogP contribution is -2.24. The first-order valence-electron chi connectivity index (χ1n) is 8.12. The van der Waals surface area contributed by atoms with Crippen molar-refractivity contribution in [2.24, 2.45) is 0 Å². The standard InChI is InChI=1S/C18H18N2O4/c21-17-8-1-11-9-13(4-6-15(11)20-17)23-10-14-5-7-16(24-14)18(22)19-12-2-3-12/h4-7,9,12H,1-3,8,10H2,(H,19,22)(H,20,21). The monoisotopic (exact) mass is 326 g/mol. The summed E-state index contributed by atoms with van der Waals surface area (Å²) < 4.78 is 11.3. The van der Waals surface area contributed by atoms with Gasteiger partial charge in [0.2, 0.25) is 5.91 Å². The van der Waals surface area contributed by atoms with Crippen molar-refractivity contribution in [3.05, 3.63) is 47.4 Å². The Labute approximate surface area is 139 Å². The number of nitrogens with one attached hydrogen (secondary N) is 2. The van der Waals surface area contributed by atoms with Gasteiger partial charge in [-0.2, -0.15) is 0 Å². The summed E-state index contributed by atoms with van der Waals surface area (Å²) in [6, 6.07) is 9.31. The van der Waals surface area contributed by atoms with Crippen LogP contribution in [-0.2, 0) is 17.8 Å². The van der Waals surface area contributed by atoms with Crippen molar-refractivity contribution in [1.82, 2.24) is 5.32 Å². The number of hydrogen-bond acceptors (Lipinski definition) is 4. The SMILES string of the molecule is O=C1CCc2cc(OCc3ccc(C(=O)NC4CC4)o3)ccc2N1. The lowest BCUT2D eigenvalue weighted by Gasteiger charge is -2.17. The predicted molar refractivity (Wildman–Crippen MR) is 86.9 cm³/mol. The molecular weight excluding hydrogens is 308 g/mol. The normalized spacial score (nSPS) is 16.2. The summed E-state index contributed by atoms with van der Waals surface area (Å²) in [5.41, 5.74) is 1.91. The van der Waals surface area contributed by atoms with E-state index in [9.17, 15) is 9.59 Å². The summed E-state index contributed by atoms with van der Waals surface area (Å²) in [6.45, 7) is 0.252. The van der Waals surface area contributed by atoms with Crippen molar-refractivity contribution in [1.29, 1.82) is 0 Å². The van der Waals surface area contributed by atoms with Crippen molar-refractivity contribution >= 4 is 17.5 Å². The molecule has 0 radical (unpaired) electrons. The van der Waals surface area contributed by atoms with E-state index in [1.54, 1.807) is 12.1 Å². The molecule has 1 aromatic heterocycles. The van der Waals surface area contributed by atoms with Crippen molar-refractivity contribution in [2.75, 3.05) is 5.32 Å². The minimum Gasteiger partial charge on any atom is -0.486 e. The maximum atomic E-state index is 11.9. The van der Waals surface area contributed by atoms with Gasteiger partial charge in [0.15, 0.2) is 5.76 Å². The summed E-state index contributed by atoms with van der Waals surface area (Å²) in [7, 11) is 0. The van der Waals surface area contributed by atoms with Crippen LogP contribution in [0.5, 0.6) is 5.75 Å². The zero-order chi connectivity index (χ0) is 16.5. The smallest absolute Gasteiger partial charge is 0.287 e. The zero-order valence-electron chi connectivity index (χ0n) is 13.1. The number of anilines is 1. The third-order valence-corrected chi connectivity index (χ3v) is 4.15. The van der Waals surface area contributed by atoms with E-state index in [2.05, 4.69) is 10.6 Å². The minimum absolute atomic E-state index is 0.0451. The number of carbonyl (C=O) groups excluding carboxylic acids is 2. The molecule has 0 spiro atoms. The van der Waals surface area contributed by atoms with Crippen LogP contribution in [0.2, 0.25) is 0 Å². The quantitative estimate of drug-likeness (QED) is 0.885. The first-order chi connectivity index (χ1) is 11.7. The fourth-order valence-electron chi connectivity index (χ4n) is 2.67. The van der Waals surface area contributed by atoms with Crippen LogP contribution in [-0.4, -0.2) is 17.9 Å². The van der Waals surface area contributed by atoms with Crippen molar-refractivity contribution < 1.29 is 18.7 Å². The third kappa shape index (κ3) is 3.27. The minimum atomic E-state index is -0.173. The molecule has 0 bridgehead atoms. The second-order valence-electron chi connectivity index (χ2n) is 6.17. The van der Waals surface area contributed by atoms with E-state index in [4.69, 9.17) is 9.15 Å². The maximum absolute atomic E-state index is 11.9. The number of benzene rings is 1. The zero-order valence-corrected chi connectivity index (χ0v) is 13.1. The Bertz CT molecular complexity index is 792. The Balaban J connectivity index is 1.37. The van der Waals surface area contributed by atoms with Gasteiger partial charge in [-0.05, 0) is 55.2 Å². The average Bonchev–Trinajstić information content (AvgIpc) is 3.26. The van der Waals surface area contributed by atoms with Gasteiger partial charge in [-0.15, -0.1) is 0 Å². The van der Waals surface area contributed by atoms with Crippen LogP contribution in [0, 0.1) is 0 Å². The van der Waals surface area contributed by atoms with Gasteiger partial charge >= 0.3 is 0 Å². The molecule has 2 aromatic rings. The molecule has 6 nitrogen and oxygen atoms in total. The van der Waals surface area contributed by atoms with Gasteiger partial charge in [-0.25, -0.2) is 0 Å². The van der Waals surface area contributed by atoms with Gasteiger partial charge in [0.05, 0.1) is 0 Å². The molecule has 124 valence electrons. The summed E-state index contributed by atoms with van der Waals surface area (Å²) in [6.07, 6.45) is 3.29. The summed E-state index contributed by atoms with van der Waals surface area (Å²) >= 11 is 0. The number of ether oxygens (including phenoxy) is 1. The third-order valence-electron chi connectivity index (χ3n) is 4.15. The Morgan fingerprint density at radius 2 is 2.12 bits per heavy atom. The number of fused-ring (bicyclic) bond motifs is 1. The molecule has 2 aliphatic rings. The molecule has 0 saturated heterocycles. The maximum Gasteiger partial charge on any atom is 0.287 e. The Hall–Kier alpha value is -2.76. The van der Waals surface area contributed by atoms with E-state index in [1.807, 2.05) is 18.2 Å². The van der Waals surface area contributed by atoms with Crippen LogP contribution in [0.15, 0.2) is 34.7 Å². The van der Waals surface area contributed by atoms with E-state index >= 15 is 0 Å². The molecule has 24 heavy (non-hydrogen) atoms. The molecular formula is C18H18N2O4. The first kappa shape index (κ1) is 14.8. The van der Waals surface area contributed by atoms with Crippen LogP contribution < -0.4 is 15.4 Å². The molecule has 1 aromatic carbocycles. The number of amides is 2. The second kappa shape index (κ2) is 6.03. The van der Waals surface area contributed by atoms with Crippen LogP contribution >= 0.6 is 0 Å². The summed E-state index contributed by atoms with van der Waals surface area (Å²) in [4.78, 5) is 23.3. The van der Waals surface area contributed by atoms with Gasteiger partial charge in [0, 0.05) is 18.2 Å². The van der Waals surface area contributed by atoms with E-state index in [-0.39, 0.29) is 18.4 Å². The van der Waals surface area contributed by atoms with Crippen LogP contribution in [0.1, 0.15) is 41.1 Å². The van der Waals surface area contributed by atoms with Gasteiger partial charge < -0.3 is 19.8 Å².